The second-order valence-corrected chi connectivity index (χ2v) is 6.51. The van der Waals surface area contributed by atoms with Crippen LogP contribution in [0.1, 0.15) is 16.1 Å². The van der Waals surface area contributed by atoms with Crippen LogP contribution in [0.5, 0.6) is 0 Å². The Morgan fingerprint density at radius 2 is 2.21 bits per heavy atom. The molecule has 122 valence electrons. The minimum atomic E-state index is -0.495. The van der Waals surface area contributed by atoms with Gasteiger partial charge in [-0.2, -0.15) is 0 Å². The van der Waals surface area contributed by atoms with Crippen molar-refractivity contribution in [2.75, 3.05) is 6.26 Å². The summed E-state index contributed by atoms with van der Waals surface area (Å²) in [6, 6.07) is 8.18. The minimum Gasteiger partial charge on any atom is -0.456 e. The average Bonchev–Trinajstić information content (AvgIpc) is 2.60. The van der Waals surface area contributed by atoms with E-state index in [9.17, 15) is 9.59 Å². The SMILES string of the molecule is CSc1ncccc1C(=O)OCc1cc(=O)n2cc(Br)ccc2n1. The molecule has 0 radical (unpaired) electrons. The second kappa shape index (κ2) is 7.14. The van der Waals surface area contributed by atoms with Crippen molar-refractivity contribution in [2.45, 2.75) is 11.6 Å². The zero-order valence-corrected chi connectivity index (χ0v) is 15.0. The first kappa shape index (κ1) is 16.7. The van der Waals surface area contributed by atoms with Crippen molar-refractivity contribution in [1.82, 2.24) is 14.4 Å². The first-order valence-corrected chi connectivity index (χ1v) is 8.94. The lowest BCUT2D eigenvalue weighted by molar-refractivity contribution is 0.0462. The molecule has 0 amide bonds. The van der Waals surface area contributed by atoms with Crippen LogP contribution in [0.2, 0.25) is 0 Å². The normalized spacial score (nSPS) is 10.8. The monoisotopic (exact) mass is 405 g/mol. The number of ether oxygens (including phenoxy) is 1. The van der Waals surface area contributed by atoms with Crippen LogP contribution < -0.4 is 5.56 Å². The Kier molecular flexibility index (Phi) is 4.96. The van der Waals surface area contributed by atoms with E-state index in [1.807, 2.05) is 6.26 Å². The van der Waals surface area contributed by atoms with Crippen molar-refractivity contribution < 1.29 is 9.53 Å². The summed E-state index contributed by atoms with van der Waals surface area (Å²) in [6.07, 6.45) is 5.09. The van der Waals surface area contributed by atoms with Crippen molar-refractivity contribution in [1.29, 1.82) is 0 Å². The number of carbonyl (C=O) groups excluding carboxylic acids is 1. The summed E-state index contributed by atoms with van der Waals surface area (Å²) in [5.74, 6) is -0.495. The Bertz CT molecular complexity index is 974. The quantitative estimate of drug-likeness (QED) is 0.490. The van der Waals surface area contributed by atoms with Crippen molar-refractivity contribution >= 4 is 39.3 Å². The number of halogens is 1. The fourth-order valence-corrected chi connectivity index (χ4v) is 3.00. The van der Waals surface area contributed by atoms with Gasteiger partial charge in [-0.3, -0.25) is 9.20 Å². The Morgan fingerprint density at radius 1 is 1.38 bits per heavy atom. The van der Waals surface area contributed by atoms with Crippen LogP contribution >= 0.6 is 27.7 Å². The van der Waals surface area contributed by atoms with Gasteiger partial charge in [0.15, 0.2) is 0 Å². The zero-order chi connectivity index (χ0) is 17.1. The van der Waals surface area contributed by atoms with E-state index in [4.69, 9.17) is 4.74 Å². The molecule has 0 spiro atoms. The van der Waals surface area contributed by atoms with Gasteiger partial charge >= 0.3 is 5.97 Å². The summed E-state index contributed by atoms with van der Waals surface area (Å²) in [5, 5.41) is 0.596. The molecule has 3 rings (SSSR count). The molecule has 0 atom stereocenters. The van der Waals surface area contributed by atoms with Gasteiger partial charge in [-0.15, -0.1) is 11.8 Å². The average molecular weight is 406 g/mol. The third kappa shape index (κ3) is 3.49. The number of hydrogen-bond acceptors (Lipinski definition) is 6. The highest BCUT2D eigenvalue weighted by Crippen LogP contribution is 2.18. The number of esters is 1. The van der Waals surface area contributed by atoms with Crippen LogP contribution in [-0.2, 0) is 11.3 Å². The van der Waals surface area contributed by atoms with Crippen LogP contribution in [0.25, 0.3) is 5.65 Å². The van der Waals surface area contributed by atoms with Gasteiger partial charge in [0.2, 0.25) is 0 Å². The van der Waals surface area contributed by atoms with E-state index in [-0.39, 0.29) is 12.2 Å². The van der Waals surface area contributed by atoms with E-state index in [0.29, 0.717) is 21.9 Å². The van der Waals surface area contributed by atoms with Gasteiger partial charge in [-0.1, -0.05) is 0 Å². The Labute approximate surface area is 150 Å². The first-order chi connectivity index (χ1) is 11.6. The van der Waals surface area contributed by atoms with Gasteiger partial charge in [0.1, 0.15) is 17.3 Å². The lowest BCUT2D eigenvalue weighted by Gasteiger charge is -2.08. The molecular weight excluding hydrogens is 394 g/mol. The van der Waals surface area contributed by atoms with E-state index in [1.54, 1.807) is 36.7 Å². The van der Waals surface area contributed by atoms with Crippen LogP contribution in [0, 0.1) is 0 Å². The van der Waals surface area contributed by atoms with Crippen molar-refractivity contribution in [3.8, 4) is 0 Å². The van der Waals surface area contributed by atoms with E-state index in [2.05, 4.69) is 25.9 Å². The molecule has 0 saturated carbocycles. The summed E-state index contributed by atoms with van der Waals surface area (Å²) < 4.78 is 7.47. The van der Waals surface area contributed by atoms with Gasteiger partial charge in [-0.05, 0) is 46.5 Å². The number of fused-ring (bicyclic) bond motifs is 1. The molecule has 0 aliphatic carbocycles. The third-order valence-corrected chi connectivity index (χ3v) is 4.39. The molecule has 0 bridgehead atoms. The molecule has 0 N–H and O–H groups in total. The number of nitrogens with zero attached hydrogens (tertiary/aromatic N) is 3. The largest absolute Gasteiger partial charge is 0.456 e. The summed E-state index contributed by atoms with van der Waals surface area (Å²) in [4.78, 5) is 32.8. The Morgan fingerprint density at radius 3 is 3.00 bits per heavy atom. The van der Waals surface area contributed by atoms with Crippen molar-refractivity contribution in [3.05, 3.63) is 68.8 Å². The van der Waals surface area contributed by atoms with Gasteiger partial charge in [0.05, 0.1) is 11.3 Å². The fraction of sp³-hybridized carbons (Fsp3) is 0.125. The maximum atomic E-state index is 12.2. The van der Waals surface area contributed by atoms with Crippen LogP contribution in [0.3, 0.4) is 0 Å². The molecule has 0 fully saturated rings. The molecule has 3 aromatic rings. The molecule has 0 unspecified atom stereocenters. The molecule has 24 heavy (non-hydrogen) atoms. The third-order valence-electron chi connectivity index (χ3n) is 3.21. The van der Waals surface area contributed by atoms with Gasteiger partial charge in [-0.25, -0.2) is 14.8 Å². The molecule has 0 aliphatic rings. The number of carbonyl (C=O) groups is 1. The lowest BCUT2D eigenvalue weighted by atomic mass is 10.3. The first-order valence-electron chi connectivity index (χ1n) is 6.92. The second-order valence-electron chi connectivity index (χ2n) is 4.80. The van der Waals surface area contributed by atoms with Crippen molar-refractivity contribution in [3.63, 3.8) is 0 Å². The number of hydrogen-bond donors (Lipinski definition) is 0. The summed E-state index contributed by atoms with van der Waals surface area (Å²) in [7, 11) is 0. The minimum absolute atomic E-state index is 0.0800. The highest BCUT2D eigenvalue weighted by Gasteiger charge is 2.14. The maximum Gasteiger partial charge on any atom is 0.341 e. The van der Waals surface area contributed by atoms with E-state index in [0.717, 1.165) is 4.47 Å². The molecule has 3 heterocycles. The van der Waals surface area contributed by atoms with Crippen molar-refractivity contribution in [2.24, 2.45) is 0 Å². The highest BCUT2D eigenvalue weighted by atomic mass is 79.9. The Hall–Kier alpha value is -2.19. The highest BCUT2D eigenvalue weighted by molar-refractivity contribution is 9.10. The summed E-state index contributed by atoms with van der Waals surface area (Å²) in [6.45, 7) is -0.0800. The number of thioether (sulfide) groups is 1. The number of rotatable bonds is 4. The molecule has 8 heteroatoms. The van der Waals surface area contributed by atoms with Gasteiger partial charge < -0.3 is 4.74 Å². The fourth-order valence-electron chi connectivity index (χ4n) is 2.13. The number of pyridine rings is 2. The van der Waals surface area contributed by atoms with Crippen LogP contribution in [-0.4, -0.2) is 26.6 Å². The summed E-state index contributed by atoms with van der Waals surface area (Å²) >= 11 is 4.68. The molecule has 6 nitrogen and oxygen atoms in total. The van der Waals surface area contributed by atoms with E-state index >= 15 is 0 Å². The molecule has 0 saturated heterocycles. The molecule has 3 aromatic heterocycles. The van der Waals surface area contributed by atoms with E-state index in [1.165, 1.54) is 22.2 Å². The molecule has 0 aromatic carbocycles. The van der Waals surface area contributed by atoms with Gasteiger partial charge in [0.25, 0.3) is 5.56 Å². The maximum absolute atomic E-state index is 12.2. The Balaban J connectivity index is 1.82. The molecular formula is C16H12BrN3O3S. The van der Waals surface area contributed by atoms with Gasteiger partial charge in [0, 0.05) is 22.9 Å². The van der Waals surface area contributed by atoms with E-state index < -0.39 is 5.97 Å². The van der Waals surface area contributed by atoms with Crippen LogP contribution in [0.15, 0.2) is 57.0 Å². The lowest BCUT2D eigenvalue weighted by Crippen LogP contribution is -2.16. The number of aromatic nitrogens is 3. The van der Waals surface area contributed by atoms with Crippen LogP contribution in [0.4, 0.5) is 0 Å². The standard InChI is InChI=1S/C16H12BrN3O3S/c1-24-15-12(3-2-6-18-15)16(22)23-9-11-7-14(21)20-8-10(17)4-5-13(20)19-11/h2-8H,9H2,1H3. The topological polar surface area (TPSA) is 73.6 Å². The zero-order valence-electron chi connectivity index (χ0n) is 12.6. The smallest absolute Gasteiger partial charge is 0.341 e. The predicted molar refractivity (Wildman–Crippen MR) is 94.3 cm³/mol. The summed E-state index contributed by atoms with van der Waals surface area (Å²) in [5.41, 5.74) is 1.04. The predicted octanol–water partition coefficient (Wildman–Crippen LogP) is 2.93. The molecule has 0 aliphatic heterocycles.